The number of H-pyrrole nitrogens is 1. The van der Waals surface area contributed by atoms with Crippen molar-refractivity contribution < 1.29 is 13.9 Å². The standard InChI is InChI=1S/C17H14ClFN4O2/c18-12-6-11(4-5-13(12)19)17(8-25-17)23-16-21-14-3-1-2-10(7-20-9-24)15(14)22-16/h1-6,9H,7-8H2,(H,20,24)(H2,21,22,23). The molecule has 2 aromatic carbocycles. The summed E-state index contributed by atoms with van der Waals surface area (Å²) in [7, 11) is 0. The minimum atomic E-state index is -0.771. The molecular weight excluding hydrogens is 347 g/mol. The summed E-state index contributed by atoms with van der Waals surface area (Å²) in [5.41, 5.74) is 2.44. The Morgan fingerprint density at radius 1 is 1.40 bits per heavy atom. The van der Waals surface area contributed by atoms with Gasteiger partial charge in [-0.15, -0.1) is 0 Å². The average Bonchev–Trinajstić information content (AvgIpc) is 3.26. The molecule has 1 aromatic heterocycles. The van der Waals surface area contributed by atoms with E-state index in [9.17, 15) is 9.18 Å². The molecule has 1 saturated heterocycles. The van der Waals surface area contributed by atoms with Crippen molar-refractivity contribution in [2.45, 2.75) is 12.3 Å². The third-order valence-electron chi connectivity index (χ3n) is 4.11. The van der Waals surface area contributed by atoms with Crippen LogP contribution in [0.2, 0.25) is 5.02 Å². The summed E-state index contributed by atoms with van der Waals surface area (Å²) in [4.78, 5) is 18.2. The lowest BCUT2D eigenvalue weighted by atomic mass is 10.1. The second kappa shape index (κ2) is 6.02. The number of aromatic amines is 1. The maximum Gasteiger partial charge on any atom is 0.207 e. The topological polar surface area (TPSA) is 82.3 Å². The van der Waals surface area contributed by atoms with Crippen LogP contribution in [-0.4, -0.2) is 23.0 Å². The molecule has 1 atom stereocenters. The van der Waals surface area contributed by atoms with Gasteiger partial charge in [-0.2, -0.15) is 0 Å². The molecule has 8 heteroatoms. The van der Waals surface area contributed by atoms with Crippen LogP contribution in [-0.2, 0) is 21.8 Å². The molecule has 0 aliphatic carbocycles. The molecule has 1 unspecified atom stereocenters. The number of nitrogens with zero attached hydrogens (tertiary/aromatic N) is 1. The lowest BCUT2D eigenvalue weighted by Crippen LogP contribution is -2.21. The smallest absolute Gasteiger partial charge is 0.207 e. The molecule has 3 aromatic rings. The summed E-state index contributed by atoms with van der Waals surface area (Å²) < 4.78 is 18.9. The molecule has 1 amide bonds. The number of hydrogen-bond acceptors (Lipinski definition) is 4. The Bertz CT molecular complexity index is 955. The average molecular weight is 361 g/mol. The monoisotopic (exact) mass is 360 g/mol. The highest BCUT2D eigenvalue weighted by Gasteiger charge is 2.47. The fourth-order valence-electron chi connectivity index (χ4n) is 2.77. The number of para-hydroxylation sites is 1. The number of anilines is 1. The number of benzene rings is 2. The Morgan fingerprint density at radius 2 is 2.24 bits per heavy atom. The fraction of sp³-hybridized carbons (Fsp3) is 0.176. The first kappa shape index (κ1) is 15.9. The number of hydrogen-bond donors (Lipinski definition) is 3. The van der Waals surface area contributed by atoms with E-state index in [0.717, 1.165) is 22.2 Å². The van der Waals surface area contributed by atoms with Crippen molar-refractivity contribution in [2.75, 3.05) is 11.9 Å². The molecule has 0 radical (unpaired) electrons. The van der Waals surface area contributed by atoms with Crippen molar-refractivity contribution in [1.29, 1.82) is 0 Å². The first-order valence-electron chi connectivity index (χ1n) is 7.64. The summed E-state index contributed by atoms with van der Waals surface area (Å²) in [6.07, 6.45) is 0.649. The number of ether oxygens (including phenoxy) is 1. The SMILES string of the molecule is O=CNCc1cccc2[nH]c(NC3(c4ccc(F)c(Cl)c4)CO3)nc12. The molecule has 1 aliphatic rings. The van der Waals surface area contributed by atoms with Gasteiger partial charge in [-0.25, -0.2) is 9.37 Å². The first-order chi connectivity index (χ1) is 12.1. The number of halogens is 2. The minimum Gasteiger partial charge on any atom is -0.355 e. The van der Waals surface area contributed by atoms with E-state index in [1.807, 2.05) is 18.2 Å². The highest BCUT2D eigenvalue weighted by Crippen LogP contribution is 2.40. The van der Waals surface area contributed by atoms with Gasteiger partial charge in [-0.05, 0) is 23.8 Å². The third-order valence-corrected chi connectivity index (χ3v) is 4.40. The second-order valence-electron chi connectivity index (χ2n) is 5.77. The molecule has 2 heterocycles. The third kappa shape index (κ3) is 2.92. The molecule has 0 spiro atoms. The van der Waals surface area contributed by atoms with Gasteiger partial charge in [-0.1, -0.05) is 29.8 Å². The zero-order valence-corrected chi connectivity index (χ0v) is 13.7. The van der Waals surface area contributed by atoms with Gasteiger partial charge in [0.25, 0.3) is 0 Å². The zero-order chi connectivity index (χ0) is 17.4. The summed E-state index contributed by atoms with van der Waals surface area (Å²) in [6, 6.07) is 10.2. The molecule has 3 N–H and O–H groups in total. The van der Waals surface area contributed by atoms with Crippen LogP contribution < -0.4 is 10.6 Å². The highest BCUT2D eigenvalue weighted by atomic mass is 35.5. The van der Waals surface area contributed by atoms with E-state index in [0.29, 0.717) is 25.5 Å². The Labute approximate surface area is 147 Å². The maximum atomic E-state index is 13.4. The number of rotatable bonds is 6. The second-order valence-corrected chi connectivity index (χ2v) is 6.17. The van der Waals surface area contributed by atoms with E-state index in [2.05, 4.69) is 20.6 Å². The molecule has 1 aliphatic heterocycles. The van der Waals surface area contributed by atoms with Crippen molar-refractivity contribution in [3.05, 3.63) is 58.4 Å². The van der Waals surface area contributed by atoms with Crippen LogP contribution in [0.25, 0.3) is 11.0 Å². The van der Waals surface area contributed by atoms with E-state index in [1.54, 1.807) is 12.1 Å². The predicted octanol–water partition coefficient (Wildman–Crippen LogP) is 2.90. The first-order valence-corrected chi connectivity index (χ1v) is 8.01. The van der Waals surface area contributed by atoms with Crippen LogP contribution in [0.5, 0.6) is 0 Å². The maximum absolute atomic E-state index is 13.4. The minimum absolute atomic E-state index is 0.0426. The van der Waals surface area contributed by atoms with Crippen molar-refractivity contribution in [1.82, 2.24) is 15.3 Å². The molecule has 0 saturated carbocycles. The van der Waals surface area contributed by atoms with Gasteiger partial charge in [0.15, 0.2) is 5.72 Å². The summed E-state index contributed by atoms with van der Waals surface area (Å²) in [5.74, 6) is 0.0452. The van der Waals surface area contributed by atoms with Crippen molar-refractivity contribution in [3.8, 4) is 0 Å². The van der Waals surface area contributed by atoms with Crippen molar-refractivity contribution in [2.24, 2.45) is 0 Å². The van der Waals surface area contributed by atoms with E-state index in [4.69, 9.17) is 16.3 Å². The van der Waals surface area contributed by atoms with E-state index in [1.165, 1.54) is 6.07 Å². The lowest BCUT2D eigenvalue weighted by Gasteiger charge is -2.14. The molecular formula is C17H14ClFN4O2. The van der Waals surface area contributed by atoms with Crippen molar-refractivity contribution >= 4 is 35.0 Å². The van der Waals surface area contributed by atoms with Crippen LogP contribution in [0.15, 0.2) is 36.4 Å². The molecule has 1 fully saturated rings. The van der Waals surface area contributed by atoms with Gasteiger partial charge >= 0.3 is 0 Å². The van der Waals surface area contributed by atoms with Crippen LogP contribution in [0.1, 0.15) is 11.1 Å². The summed E-state index contributed by atoms with van der Waals surface area (Å²) in [6.45, 7) is 0.811. The molecule has 128 valence electrons. The van der Waals surface area contributed by atoms with Crippen LogP contribution in [0, 0.1) is 5.82 Å². The number of imidazole rings is 1. The fourth-order valence-corrected chi connectivity index (χ4v) is 2.95. The van der Waals surface area contributed by atoms with E-state index in [-0.39, 0.29) is 5.02 Å². The number of nitrogens with one attached hydrogen (secondary N) is 3. The van der Waals surface area contributed by atoms with Crippen molar-refractivity contribution in [3.63, 3.8) is 0 Å². The van der Waals surface area contributed by atoms with Gasteiger partial charge in [0.05, 0.1) is 16.1 Å². The Balaban J connectivity index is 1.64. The number of carbonyl (C=O) groups is 1. The van der Waals surface area contributed by atoms with Gasteiger partial charge in [0.2, 0.25) is 12.4 Å². The molecule has 25 heavy (non-hydrogen) atoms. The van der Waals surface area contributed by atoms with Gasteiger partial charge in [0.1, 0.15) is 12.4 Å². The number of aromatic nitrogens is 2. The van der Waals surface area contributed by atoms with Crippen LogP contribution in [0.4, 0.5) is 10.3 Å². The normalized spacial score (nSPS) is 19.0. The lowest BCUT2D eigenvalue weighted by molar-refractivity contribution is -0.109. The quantitative estimate of drug-likeness (QED) is 0.466. The Hall–Kier alpha value is -2.64. The van der Waals surface area contributed by atoms with Gasteiger partial charge < -0.3 is 20.4 Å². The predicted molar refractivity (Wildman–Crippen MR) is 91.7 cm³/mol. The summed E-state index contributed by atoms with van der Waals surface area (Å²) >= 11 is 5.87. The number of fused-ring (bicyclic) bond motifs is 1. The van der Waals surface area contributed by atoms with Gasteiger partial charge in [0, 0.05) is 12.1 Å². The Morgan fingerprint density at radius 3 is 2.96 bits per heavy atom. The van der Waals surface area contributed by atoms with Crippen LogP contribution in [0.3, 0.4) is 0 Å². The molecule has 6 nitrogen and oxygen atoms in total. The van der Waals surface area contributed by atoms with E-state index < -0.39 is 11.5 Å². The Kier molecular flexibility index (Phi) is 3.82. The number of epoxide rings is 1. The molecule has 4 rings (SSSR count). The van der Waals surface area contributed by atoms with Crippen LogP contribution >= 0.6 is 11.6 Å². The number of amides is 1. The van der Waals surface area contributed by atoms with E-state index >= 15 is 0 Å². The zero-order valence-electron chi connectivity index (χ0n) is 13.0. The number of carbonyl (C=O) groups excluding carboxylic acids is 1. The summed E-state index contributed by atoms with van der Waals surface area (Å²) in [5, 5.41) is 5.88. The van der Waals surface area contributed by atoms with Gasteiger partial charge in [-0.3, -0.25) is 4.79 Å². The largest absolute Gasteiger partial charge is 0.355 e. The molecule has 0 bridgehead atoms. The highest BCUT2D eigenvalue weighted by molar-refractivity contribution is 6.30.